The molecule has 0 spiro atoms. The molecule has 0 amide bonds. The van der Waals surface area contributed by atoms with Crippen molar-refractivity contribution < 1.29 is 8.42 Å². The lowest BCUT2D eigenvalue weighted by Gasteiger charge is -2.20. The van der Waals surface area contributed by atoms with Crippen molar-refractivity contribution in [2.75, 3.05) is 0 Å². The Bertz CT molecular complexity index is 226. The standard InChI is InChI=1S/C6H9ClO2S/c7-10(8,9)5-4-6-2-1-3-6/h4-6H,1-3H2/b5-4-. The molecular weight excluding hydrogens is 172 g/mol. The van der Waals surface area contributed by atoms with Gasteiger partial charge in [0.05, 0.1) is 0 Å². The molecule has 0 unspecified atom stereocenters. The fraction of sp³-hybridized carbons (Fsp3) is 0.667. The van der Waals surface area contributed by atoms with E-state index in [-0.39, 0.29) is 0 Å². The van der Waals surface area contributed by atoms with Crippen LogP contribution in [0.15, 0.2) is 11.5 Å². The Hall–Kier alpha value is -0.0200. The SMILES string of the molecule is O=S(=O)(Cl)/C=C\C1CCC1. The minimum absolute atomic E-state index is 0.452. The first kappa shape index (κ1) is 8.08. The van der Waals surface area contributed by atoms with Crippen LogP contribution in [0.3, 0.4) is 0 Å². The normalized spacial score (nSPS) is 21.3. The second-order valence-electron chi connectivity index (χ2n) is 2.50. The first-order chi connectivity index (χ1) is 4.58. The van der Waals surface area contributed by atoms with Crippen LogP contribution in [0.5, 0.6) is 0 Å². The highest BCUT2D eigenvalue weighted by Gasteiger charge is 2.14. The lowest BCUT2D eigenvalue weighted by atomic mass is 9.86. The van der Waals surface area contributed by atoms with E-state index >= 15 is 0 Å². The molecule has 0 N–H and O–H groups in total. The van der Waals surface area contributed by atoms with Gasteiger partial charge in [-0.3, -0.25) is 0 Å². The summed E-state index contributed by atoms with van der Waals surface area (Å²) in [6.07, 6.45) is 5.08. The summed E-state index contributed by atoms with van der Waals surface area (Å²) in [5.74, 6) is 0.452. The Morgan fingerprint density at radius 3 is 2.30 bits per heavy atom. The average Bonchev–Trinajstić information content (AvgIpc) is 1.56. The van der Waals surface area contributed by atoms with Crippen LogP contribution in [-0.4, -0.2) is 8.42 Å². The van der Waals surface area contributed by atoms with Gasteiger partial charge in [0.2, 0.25) is 0 Å². The van der Waals surface area contributed by atoms with Crippen LogP contribution in [0.25, 0.3) is 0 Å². The van der Waals surface area contributed by atoms with Crippen molar-refractivity contribution in [2.24, 2.45) is 5.92 Å². The summed E-state index contributed by atoms with van der Waals surface area (Å²) in [7, 11) is 1.54. The molecule has 1 rings (SSSR count). The van der Waals surface area contributed by atoms with Crippen molar-refractivity contribution in [1.82, 2.24) is 0 Å². The summed E-state index contributed by atoms with van der Waals surface area (Å²) in [5, 5.41) is 1.08. The van der Waals surface area contributed by atoms with E-state index in [4.69, 9.17) is 10.7 Å². The van der Waals surface area contributed by atoms with Crippen LogP contribution in [-0.2, 0) is 9.05 Å². The lowest BCUT2D eigenvalue weighted by Crippen LogP contribution is -2.07. The predicted molar refractivity (Wildman–Crippen MR) is 41.3 cm³/mol. The molecule has 58 valence electrons. The van der Waals surface area contributed by atoms with Gasteiger partial charge < -0.3 is 0 Å². The monoisotopic (exact) mass is 180 g/mol. The highest BCUT2D eigenvalue weighted by Crippen LogP contribution is 2.27. The Morgan fingerprint density at radius 1 is 1.40 bits per heavy atom. The smallest absolute Gasteiger partial charge is 0.208 e. The number of allylic oxidation sites excluding steroid dienone is 1. The fourth-order valence-electron chi connectivity index (χ4n) is 0.837. The third kappa shape index (κ3) is 2.71. The quantitative estimate of drug-likeness (QED) is 0.608. The van der Waals surface area contributed by atoms with Gasteiger partial charge in [0.25, 0.3) is 9.05 Å². The summed E-state index contributed by atoms with van der Waals surface area (Å²) < 4.78 is 20.7. The van der Waals surface area contributed by atoms with E-state index < -0.39 is 9.05 Å². The Balaban J connectivity index is 2.43. The molecule has 0 atom stereocenters. The molecule has 0 aliphatic heterocycles. The zero-order valence-electron chi connectivity index (χ0n) is 5.46. The van der Waals surface area contributed by atoms with Crippen molar-refractivity contribution in [3.8, 4) is 0 Å². The van der Waals surface area contributed by atoms with Gasteiger partial charge in [0.1, 0.15) is 0 Å². The molecule has 1 saturated carbocycles. The number of hydrogen-bond donors (Lipinski definition) is 0. The van der Waals surface area contributed by atoms with Crippen molar-refractivity contribution in [1.29, 1.82) is 0 Å². The van der Waals surface area contributed by atoms with Gasteiger partial charge in [-0.1, -0.05) is 12.5 Å². The van der Waals surface area contributed by atoms with Crippen molar-refractivity contribution in [2.45, 2.75) is 19.3 Å². The molecule has 4 heteroatoms. The average molecular weight is 181 g/mol. The Morgan fingerprint density at radius 2 is 2.00 bits per heavy atom. The maximum absolute atomic E-state index is 10.4. The zero-order chi connectivity index (χ0) is 7.61. The van der Waals surface area contributed by atoms with E-state index in [9.17, 15) is 8.42 Å². The molecule has 0 bridgehead atoms. The molecule has 1 fully saturated rings. The topological polar surface area (TPSA) is 34.1 Å². The molecule has 10 heavy (non-hydrogen) atoms. The zero-order valence-corrected chi connectivity index (χ0v) is 7.03. The molecule has 0 radical (unpaired) electrons. The van der Waals surface area contributed by atoms with Gasteiger partial charge in [-0.05, 0) is 18.8 Å². The first-order valence-corrected chi connectivity index (χ1v) is 5.58. The number of rotatable bonds is 2. The first-order valence-electron chi connectivity index (χ1n) is 3.21. The Kier molecular flexibility index (Phi) is 2.36. The van der Waals surface area contributed by atoms with Crippen molar-refractivity contribution in [3.63, 3.8) is 0 Å². The minimum Gasteiger partial charge on any atom is -0.208 e. The second kappa shape index (κ2) is 2.93. The predicted octanol–water partition coefficient (Wildman–Crippen LogP) is 1.87. The van der Waals surface area contributed by atoms with E-state index in [1.165, 1.54) is 6.42 Å². The van der Waals surface area contributed by atoms with Gasteiger partial charge >= 0.3 is 0 Å². The molecule has 2 nitrogen and oxygen atoms in total. The molecule has 0 saturated heterocycles. The summed E-state index contributed by atoms with van der Waals surface area (Å²) in [6.45, 7) is 0. The van der Waals surface area contributed by atoms with Crippen LogP contribution in [0.4, 0.5) is 0 Å². The van der Waals surface area contributed by atoms with E-state index in [0.29, 0.717) is 5.92 Å². The Labute approximate surface area is 65.3 Å². The summed E-state index contributed by atoms with van der Waals surface area (Å²) in [4.78, 5) is 0. The van der Waals surface area contributed by atoms with E-state index in [1.54, 1.807) is 6.08 Å². The third-order valence-electron chi connectivity index (χ3n) is 1.66. The van der Waals surface area contributed by atoms with Crippen LogP contribution in [0.1, 0.15) is 19.3 Å². The van der Waals surface area contributed by atoms with E-state index in [1.807, 2.05) is 0 Å². The van der Waals surface area contributed by atoms with E-state index in [2.05, 4.69) is 0 Å². The minimum atomic E-state index is -3.40. The molecule has 0 aromatic carbocycles. The number of hydrogen-bond acceptors (Lipinski definition) is 2. The van der Waals surface area contributed by atoms with Crippen LogP contribution >= 0.6 is 10.7 Å². The highest BCUT2D eigenvalue weighted by molar-refractivity contribution is 8.16. The summed E-state index contributed by atoms with van der Waals surface area (Å²) in [6, 6.07) is 0. The van der Waals surface area contributed by atoms with E-state index in [0.717, 1.165) is 18.2 Å². The van der Waals surface area contributed by atoms with Gasteiger partial charge in [-0.25, -0.2) is 8.42 Å². The second-order valence-corrected chi connectivity index (χ2v) is 5.01. The van der Waals surface area contributed by atoms with Crippen molar-refractivity contribution in [3.05, 3.63) is 11.5 Å². The molecule has 0 heterocycles. The van der Waals surface area contributed by atoms with Crippen LogP contribution in [0, 0.1) is 5.92 Å². The fourth-order valence-corrected chi connectivity index (χ4v) is 1.43. The lowest BCUT2D eigenvalue weighted by molar-refractivity contribution is 0.388. The van der Waals surface area contributed by atoms with Gasteiger partial charge in [-0.2, -0.15) is 0 Å². The van der Waals surface area contributed by atoms with Crippen molar-refractivity contribution >= 4 is 19.7 Å². The summed E-state index contributed by atoms with van der Waals surface area (Å²) in [5.41, 5.74) is 0. The maximum atomic E-state index is 10.4. The molecule has 0 aromatic rings. The molecule has 1 aliphatic carbocycles. The molecule has 0 aromatic heterocycles. The van der Waals surface area contributed by atoms with Crippen LogP contribution < -0.4 is 0 Å². The molecular formula is C6H9ClO2S. The van der Waals surface area contributed by atoms with Crippen LogP contribution in [0.2, 0.25) is 0 Å². The third-order valence-corrected chi connectivity index (χ3v) is 2.45. The van der Waals surface area contributed by atoms with Gasteiger partial charge in [-0.15, -0.1) is 0 Å². The largest absolute Gasteiger partial charge is 0.254 e. The molecule has 1 aliphatic rings. The van der Waals surface area contributed by atoms with Gasteiger partial charge in [0, 0.05) is 16.1 Å². The highest BCUT2D eigenvalue weighted by atomic mass is 35.7. The number of halogens is 1. The summed E-state index contributed by atoms with van der Waals surface area (Å²) >= 11 is 0. The maximum Gasteiger partial charge on any atom is 0.254 e. The van der Waals surface area contributed by atoms with Gasteiger partial charge in [0.15, 0.2) is 0 Å².